The summed E-state index contributed by atoms with van der Waals surface area (Å²) in [6, 6.07) is 6.61. The van der Waals surface area contributed by atoms with E-state index in [1.54, 1.807) is 0 Å². The number of ether oxygens (including phenoxy) is 1. The monoisotopic (exact) mass is 264 g/mol. The summed E-state index contributed by atoms with van der Waals surface area (Å²) in [5.74, 6) is 0.934. The molecule has 18 heavy (non-hydrogen) atoms. The van der Waals surface area contributed by atoms with E-state index in [0.717, 1.165) is 25.6 Å². The van der Waals surface area contributed by atoms with Crippen molar-refractivity contribution in [2.45, 2.75) is 57.1 Å². The highest BCUT2D eigenvalue weighted by Crippen LogP contribution is 2.35. The summed E-state index contributed by atoms with van der Waals surface area (Å²) in [7, 11) is 0. The number of halogens is 1. The van der Waals surface area contributed by atoms with Gasteiger partial charge in [0, 0.05) is 0 Å². The van der Waals surface area contributed by atoms with Crippen LogP contribution in [0.3, 0.4) is 0 Å². The van der Waals surface area contributed by atoms with Crippen molar-refractivity contribution in [2.24, 2.45) is 5.92 Å². The Balaban J connectivity index is 1.59. The van der Waals surface area contributed by atoms with E-state index in [1.165, 1.54) is 48.8 Å². The van der Waals surface area contributed by atoms with Gasteiger partial charge in [0.1, 0.15) is 0 Å². The highest BCUT2D eigenvalue weighted by molar-refractivity contribution is 6.20. The average molecular weight is 265 g/mol. The Hall–Kier alpha value is -0.530. The molecule has 0 amide bonds. The van der Waals surface area contributed by atoms with Gasteiger partial charge in [-0.1, -0.05) is 43.9 Å². The van der Waals surface area contributed by atoms with Crippen LogP contribution in [0.25, 0.3) is 0 Å². The van der Waals surface area contributed by atoms with E-state index >= 15 is 0 Å². The number of fused-ring (bicyclic) bond motifs is 1. The Morgan fingerprint density at radius 3 is 2.78 bits per heavy atom. The summed E-state index contributed by atoms with van der Waals surface area (Å²) in [5, 5.41) is 0.177. The molecule has 0 bridgehead atoms. The molecule has 2 aliphatic rings. The maximum atomic E-state index is 6.55. The van der Waals surface area contributed by atoms with Crippen molar-refractivity contribution in [1.82, 2.24) is 0 Å². The van der Waals surface area contributed by atoms with Crippen LogP contribution in [0, 0.1) is 5.92 Å². The summed E-state index contributed by atoms with van der Waals surface area (Å²) in [5.41, 5.74) is 3.94. The van der Waals surface area contributed by atoms with Crippen LogP contribution in [-0.2, 0) is 18.0 Å². The lowest BCUT2D eigenvalue weighted by molar-refractivity contribution is 0.134. The summed E-state index contributed by atoms with van der Waals surface area (Å²) in [4.78, 5) is 0. The van der Waals surface area contributed by atoms with Gasteiger partial charge >= 0.3 is 0 Å². The fraction of sp³-hybridized carbons (Fsp3) is 0.625. The third kappa shape index (κ3) is 2.73. The molecule has 0 spiro atoms. The lowest BCUT2D eigenvalue weighted by Gasteiger charge is -2.14. The molecule has 0 saturated heterocycles. The van der Waals surface area contributed by atoms with E-state index in [4.69, 9.17) is 16.3 Å². The van der Waals surface area contributed by atoms with Gasteiger partial charge in [-0.2, -0.15) is 0 Å². The molecule has 1 fully saturated rings. The standard InChI is InChI=1S/C16H21ClO/c17-16(8-5-12-3-1-2-4-12)13-6-7-14-10-18-11-15(14)9-13/h6-7,9,12,16H,1-5,8,10-11H2. The minimum Gasteiger partial charge on any atom is -0.372 e. The summed E-state index contributed by atoms with van der Waals surface area (Å²) < 4.78 is 5.45. The zero-order valence-corrected chi connectivity index (χ0v) is 11.6. The molecule has 1 aromatic rings. The minimum absolute atomic E-state index is 0.177. The van der Waals surface area contributed by atoms with E-state index < -0.39 is 0 Å². The van der Waals surface area contributed by atoms with E-state index in [9.17, 15) is 0 Å². The lowest BCUT2D eigenvalue weighted by Crippen LogP contribution is -1.98. The highest BCUT2D eigenvalue weighted by atomic mass is 35.5. The second kappa shape index (κ2) is 5.63. The maximum Gasteiger partial charge on any atom is 0.0725 e. The molecular formula is C16H21ClO. The van der Waals surface area contributed by atoms with Crippen molar-refractivity contribution in [3.8, 4) is 0 Å². The fourth-order valence-corrected chi connectivity index (χ4v) is 3.50. The Morgan fingerprint density at radius 1 is 1.17 bits per heavy atom. The van der Waals surface area contributed by atoms with E-state index in [2.05, 4.69) is 18.2 Å². The van der Waals surface area contributed by atoms with Crippen molar-refractivity contribution in [2.75, 3.05) is 0 Å². The topological polar surface area (TPSA) is 9.23 Å². The van der Waals surface area contributed by atoms with Crippen LogP contribution >= 0.6 is 11.6 Å². The quantitative estimate of drug-likeness (QED) is 0.698. The molecule has 1 unspecified atom stereocenters. The van der Waals surface area contributed by atoms with Crippen LogP contribution in [0.15, 0.2) is 18.2 Å². The van der Waals surface area contributed by atoms with Gasteiger partial charge in [-0.15, -0.1) is 11.6 Å². The molecule has 98 valence electrons. The molecule has 0 N–H and O–H groups in total. The molecule has 1 aliphatic carbocycles. The highest BCUT2D eigenvalue weighted by Gasteiger charge is 2.18. The zero-order valence-electron chi connectivity index (χ0n) is 10.8. The van der Waals surface area contributed by atoms with Crippen molar-refractivity contribution in [3.63, 3.8) is 0 Å². The van der Waals surface area contributed by atoms with Gasteiger partial charge in [-0.05, 0) is 35.4 Å². The summed E-state index contributed by atoms with van der Waals surface area (Å²) >= 11 is 6.55. The van der Waals surface area contributed by atoms with Crippen LogP contribution in [0.5, 0.6) is 0 Å². The third-order valence-corrected chi connectivity index (χ3v) is 4.88. The molecule has 1 aromatic carbocycles. The van der Waals surface area contributed by atoms with Crippen molar-refractivity contribution in [1.29, 1.82) is 0 Å². The van der Waals surface area contributed by atoms with Crippen LogP contribution in [-0.4, -0.2) is 0 Å². The predicted octanol–water partition coefficient (Wildman–Crippen LogP) is 4.97. The Labute approximate surface area is 114 Å². The normalized spacial score (nSPS) is 21.2. The van der Waals surface area contributed by atoms with Crippen LogP contribution in [0.4, 0.5) is 0 Å². The molecule has 3 rings (SSSR count). The van der Waals surface area contributed by atoms with Crippen molar-refractivity contribution >= 4 is 11.6 Å². The van der Waals surface area contributed by atoms with Gasteiger partial charge in [0.25, 0.3) is 0 Å². The van der Waals surface area contributed by atoms with Crippen LogP contribution in [0.2, 0.25) is 0 Å². The zero-order chi connectivity index (χ0) is 12.4. The Morgan fingerprint density at radius 2 is 1.94 bits per heavy atom. The molecule has 0 radical (unpaired) electrons. The SMILES string of the molecule is ClC(CCC1CCCC1)c1ccc2c(c1)COC2. The Bertz CT molecular complexity index is 410. The van der Waals surface area contributed by atoms with Gasteiger partial charge in [0.05, 0.1) is 18.6 Å². The molecule has 0 aromatic heterocycles. The molecule has 1 aliphatic heterocycles. The first-order valence-corrected chi connectivity index (χ1v) is 7.60. The van der Waals surface area contributed by atoms with Gasteiger partial charge in [0.2, 0.25) is 0 Å². The molecular weight excluding hydrogens is 244 g/mol. The summed E-state index contributed by atoms with van der Waals surface area (Å²) in [6.07, 6.45) is 8.10. The first kappa shape index (κ1) is 12.5. The van der Waals surface area contributed by atoms with Gasteiger partial charge < -0.3 is 4.74 Å². The van der Waals surface area contributed by atoms with Gasteiger partial charge in [-0.25, -0.2) is 0 Å². The number of alkyl halides is 1. The number of benzene rings is 1. The van der Waals surface area contributed by atoms with E-state index in [0.29, 0.717) is 0 Å². The molecule has 1 atom stereocenters. The van der Waals surface area contributed by atoms with Crippen LogP contribution < -0.4 is 0 Å². The fourth-order valence-electron chi connectivity index (χ4n) is 3.23. The second-order valence-corrected chi connectivity index (χ2v) is 6.24. The minimum atomic E-state index is 0.177. The predicted molar refractivity (Wildman–Crippen MR) is 74.7 cm³/mol. The molecule has 1 heterocycles. The second-order valence-electron chi connectivity index (χ2n) is 5.72. The molecule has 1 nitrogen and oxygen atoms in total. The first-order chi connectivity index (χ1) is 8.83. The third-order valence-electron chi connectivity index (χ3n) is 4.41. The van der Waals surface area contributed by atoms with E-state index in [-0.39, 0.29) is 5.38 Å². The number of hydrogen-bond acceptors (Lipinski definition) is 1. The van der Waals surface area contributed by atoms with Crippen molar-refractivity contribution in [3.05, 3.63) is 34.9 Å². The Kier molecular flexibility index (Phi) is 3.91. The lowest BCUT2D eigenvalue weighted by atomic mass is 9.96. The van der Waals surface area contributed by atoms with E-state index in [1.807, 2.05) is 0 Å². The molecule has 1 saturated carbocycles. The smallest absolute Gasteiger partial charge is 0.0725 e. The maximum absolute atomic E-state index is 6.55. The van der Waals surface area contributed by atoms with Crippen LogP contribution in [0.1, 0.15) is 60.6 Å². The van der Waals surface area contributed by atoms with Crippen molar-refractivity contribution < 1.29 is 4.74 Å². The average Bonchev–Trinajstić information content (AvgIpc) is 3.05. The van der Waals surface area contributed by atoms with Gasteiger partial charge in [-0.3, -0.25) is 0 Å². The molecule has 2 heteroatoms. The van der Waals surface area contributed by atoms with Gasteiger partial charge in [0.15, 0.2) is 0 Å². The first-order valence-electron chi connectivity index (χ1n) is 7.16. The number of hydrogen-bond donors (Lipinski definition) is 0. The summed E-state index contributed by atoms with van der Waals surface area (Å²) in [6.45, 7) is 1.53. The number of rotatable bonds is 4. The largest absolute Gasteiger partial charge is 0.372 e.